The first-order valence-corrected chi connectivity index (χ1v) is 5.67. The van der Waals surface area contributed by atoms with Crippen LogP contribution in [0, 0.1) is 12.7 Å². The topological polar surface area (TPSA) is 66.9 Å². The van der Waals surface area contributed by atoms with Gasteiger partial charge in [-0.3, -0.25) is 9.78 Å². The Balaban J connectivity index is 2.22. The molecule has 0 spiro atoms. The smallest absolute Gasteiger partial charge is 0.275 e. The SMILES string of the molecule is CNc1cncc(C(=O)Nc2cc(F)ccc2C)n1. The maximum atomic E-state index is 13.1. The fraction of sp³-hybridized carbons (Fsp3) is 0.154. The number of anilines is 2. The summed E-state index contributed by atoms with van der Waals surface area (Å²) in [4.78, 5) is 19.9. The number of carbonyl (C=O) groups is 1. The number of amides is 1. The number of hydrogen-bond acceptors (Lipinski definition) is 4. The summed E-state index contributed by atoms with van der Waals surface area (Å²) in [5.41, 5.74) is 1.35. The first-order valence-electron chi connectivity index (χ1n) is 5.67. The first-order chi connectivity index (χ1) is 9.10. The molecular formula is C13H13FN4O. The molecule has 1 heterocycles. The van der Waals surface area contributed by atoms with E-state index in [0.29, 0.717) is 11.5 Å². The van der Waals surface area contributed by atoms with E-state index in [1.54, 1.807) is 20.0 Å². The molecule has 0 aliphatic carbocycles. The molecule has 0 saturated carbocycles. The van der Waals surface area contributed by atoms with Crippen LogP contribution < -0.4 is 10.6 Å². The van der Waals surface area contributed by atoms with Gasteiger partial charge in [-0.1, -0.05) is 6.07 Å². The Kier molecular flexibility index (Phi) is 3.70. The van der Waals surface area contributed by atoms with Gasteiger partial charge >= 0.3 is 0 Å². The van der Waals surface area contributed by atoms with Crippen molar-refractivity contribution in [2.24, 2.45) is 0 Å². The quantitative estimate of drug-likeness (QED) is 0.888. The molecule has 1 amide bonds. The van der Waals surface area contributed by atoms with Gasteiger partial charge in [0.05, 0.1) is 12.4 Å². The van der Waals surface area contributed by atoms with Crippen molar-refractivity contribution >= 4 is 17.4 Å². The molecule has 1 aromatic heterocycles. The van der Waals surface area contributed by atoms with Gasteiger partial charge in [-0.15, -0.1) is 0 Å². The summed E-state index contributed by atoms with van der Waals surface area (Å²) < 4.78 is 13.1. The molecule has 2 N–H and O–H groups in total. The lowest BCUT2D eigenvalue weighted by molar-refractivity contribution is 0.102. The molecule has 0 atom stereocenters. The lowest BCUT2D eigenvalue weighted by atomic mass is 10.2. The third-order valence-electron chi connectivity index (χ3n) is 2.57. The Morgan fingerprint density at radius 2 is 2.11 bits per heavy atom. The van der Waals surface area contributed by atoms with Crippen molar-refractivity contribution in [3.8, 4) is 0 Å². The average Bonchev–Trinajstić information content (AvgIpc) is 2.43. The fourth-order valence-electron chi connectivity index (χ4n) is 1.51. The minimum absolute atomic E-state index is 0.163. The van der Waals surface area contributed by atoms with Gasteiger partial charge in [0.2, 0.25) is 0 Å². The third kappa shape index (κ3) is 3.04. The summed E-state index contributed by atoms with van der Waals surface area (Å²) in [7, 11) is 1.68. The highest BCUT2D eigenvalue weighted by atomic mass is 19.1. The van der Waals surface area contributed by atoms with Crippen LogP contribution >= 0.6 is 0 Å². The van der Waals surface area contributed by atoms with Gasteiger partial charge in [-0.2, -0.15) is 0 Å². The van der Waals surface area contributed by atoms with Crippen LogP contribution in [0.5, 0.6) is 0 Å². The van der Waals surface area contributed by atoms with E-state index in [1.165, 1.54) is 24.5 Å². The van der Waals surface area contributed by atoms with Crippen molar-refractivity contribution in [1.29, 1.82) is 0 Å². The summed E-state index contributed by atoms with van der Waals surface area (Å²) in [5, 5.41) is 5.40. The number of nitrogens with zero attached hydrogens (tertiary/aromatic N) is 2. The number of rotatable bonds is 3. The molecule has 2 rings (SSSR count). The zero-order valence-electron chi connectivity index (χ0n) is 10.6. The van der Waals surface area contributed by atoms with Crippen LogP contribution in [0.1, 0.15) is 16.1 Å². The van der Waals surface area contributed by atoms with Crippen molar-refractivity contribution in [3.05, 3.63) is 47.7 Å². The van der Waals surface area contributed by atoms with Crippen molar-refractivity contribution in [1.82, 2.24) is 9.97 Å². The van der Waals surface area contributed by atoms with E-state index in [9.17, 15) is 9.18 Å². The third-order valence-corrected chi connectivity index (χ3v) is 2.57. The summed E-state index contributed by atoms with van der Waals surface area (Å²) in [6.07, 6.45) is 2.86. The Morgan fingerprint density at radius 3 is 2.84 bits per heavy atom. The minimum atomic E-state index is -0.432. The van der Waals surface area contributed by atoms with Gasteiger partial charge in [0.15, 0.2) is 0 Å². The molecule has 5 nitrogen and oxygen atoms in total. The van der Waals surface area contributed by atoms with E-state index in [-0.39, 0.29) is 5.69 Å². The number of halogens is 1. The van der Waals surface area contributed by atoms with E-state index >= 15 is 0 Å². The standard InChI is InChI=1S/C13H13FN4O/c1-8-3-4-9(14)5-10(8)18-13(19)11-6-16-7-12(15-2)17-11/h3-7H,1-2H3,(H,15,17)(H,18,19). The lowest BCUT2D eigenvalue weighted by Gasteiger charge is -2.08. The highest BCUT2D eigenvalue weighted by Gasteiger charge is 2.10. The van der Waals surface area contributed by atoms with Gasteiger partial charge in [0.1, 0.15) is 17.3 Å². The number of carbonyl (C=O) groups excluding carboxylic acids is 1. The van der Waals surface area contributed by atoms with Crippen LogP contribution in [0.2, 0.25) is 0 Å². The zero-order chi connectivity index (χ0) is 13.8. The highest BCUT2D eigenvalue weighted by molar-refractivity contribution is 6.03. The summed E-state index contributed by atoms with van der Waals surface area (Å²) in [6, 6.07) is 4.20. The largest absolute Gasteiger partial charge is 0.372 e. The predicted octanol–water partition coefficient (Wildman–Crippen LogP) is 2.22. The van der Waals surface area contributed by atoms with Crippen molar-refractivity contribution in [2.75, 3.05) is 17.7 Å². The Labute approximate surface area is 109 Å². The van der Waals surface area contributed by atoms with Crippen molar-refractivity contribution in [2.45, 2.75) is 6.92 Å². The highest BCUT2D eigenvalue weighted by Crippen LogP contribution is 2.16. The van der Waals surface area contributed by atoms with Crippen LogP contribution in [0.25, 0.3) is 0 Å². The first kappa shape index (κ1) is 12.9. The average molecular weight is 260 g/mol. The van der Waals surface area contributed by atoms with Gasteiger partial charge < -0.3 is 10.6 Å². The summed E-state index contributed by atoms with van der Waals surface area (Å²) >= 11 is 0. The normalized spacial score (nSPS) is 10.1. The number of aromatic nitrogens is 2. The molecule has 19 heavy (non-hydrogen) atoms. The minimum Gasteiger partial charge on any atom is -0.372 e. The second-order valence-corrected chi connectivity index (χ2v) is 3.95. The van der Waals surface area contributed by atoms with Crippen LogP contribution in [-0.4, -0.2) is 22.9 Å². The molecule has 2 aromatic rings. The Morgan fingerprint density at radius 1 is 1.32 bits per heavy atom. The summed E-state index contributed by atoms with van der Waals surface area (Å²) in [5.74, 6) is -0.349. The number of aryl methyl sites for hydroxylation is 1. The van der Waals surface area contributed by atoms with Crippen LogP contribution in [0.15, 0.2) is 30.6 Å². The molecule has 0 aliphatic heterocycles. The molecule has 0 bridgehead atoms. The van der Waals surface area contributed by atoms with Crippen LogP contribution in [0.3, 0.4) is 0 Å². The summed E-state index contributed by atoms with van der Waals surface area (Å²) in [6.45, 7) is 1.78. The second kappa shape index (κ2) is 5.43. The predicted molar refractivity (Wildman–Crippen MR) is 70.7 cm³/mol. The van der Waals surface area contributed by atoms with Gasteiger partial charge in [0, 0.05) is 12.7 Å². The molecule has 98 valence electrons. The maximum absolute atomic E-state index is 13.1. The molecule has 0 aliphatic rings. The van der Waals surface area contributed by atoms with Crippen molar-refractivity contribution in [3.63, 3.8) is 0 Å². The van der Waals surface area contributed by atoms with Gasteiger partial charge in [-0.05, 0) is 24.6 Å². The monoisotopic (exact) mass is 260 g/mol. The van der Waals surface area contributed by atoms with Gasteiger partial charge in [-0.25, -0.2) is 9.37 Å². The lowest BCUT2D eigenvalue weighted by Crippen LogP contribution is -2.15. The molecule has 0 fully saturated rings. The maximum Gasteiger partial charge on any atom is 0.275 e. The van der Waals surface area contributed by atoms with E-state index < -0.39 is 11.7 Å². The van der Waals surface area contributed by atoms with E-state index in [1.807, 2.05) is 0 Å². The molecule has 0 radical (unpaired) electrons. The number of benzene rings is 1. The number of nitrogens with one attached hydrogen (secondary N) is 2. The van der Waals surface area contributed by atoms with Gasteiger partial charge in [0.25, 0.3) is 5.91 Å². The molecule has 6 heteroatoms. The molecular weight excluding hydrogens is 247 g/mol. The van der Waals surface area contributed by atoms with Crippen LogP contribution in [-0.2, 0) is 0 Å². The molecule has 0 saturated heterocycles. The fourth-order valence-corrected chi connectivity index (χ4v) is 1.51. The van der Waals surface area contributed by atoms with E-state index in [2.05, 4.69) is 20.6 Å². The molecule has 1 aromatic carbocycles. The Bertz CT molecular complexity index is 615. The van der Waals surface area contributed by atoms with E-state index in [0.717, 1.165) is 5.56 Å². The second-order valence-electron chi connectivity index (χ2n) is 3.95. The Hall–Kier alpha value is -2.50. The zero-order valence-corrected chi connectivity index (χ0v) is 10.6. The number of hydrogen-bond donors (Lipinski definition) is 2. The van der Waals surface area contributed by atoms with E-state index in [4.69, 9.17) is 0 Å². The van der Waals surface area contributed by atoms with Crippen molar-refractivity contribution < 1.29 is 9.18 Å². The molecule has 0 unspecified atom stereocenters. The van der Waals surface area contributed by atoms with Crippen LogP contribution in [0.4, 0.5) is 15.9 Å².